The minimum Gasteiger partial charge on any atom is -0.491 e. The van der Waals surface area contributed by atoms with Crippen LogP contribution in [0.3, 0.4) is 0 Å². The number of hydrogen-bond acceptors (Lipinski definition) is 6. The molecule has 10 heteroatoms. The van der Waals surface area contributed by atoms with Crippen molar-refractivity contribution < 1.29 is 22.8 Å². The quantitative estimate of drug-likeness (QED) is 0.766. The molecule has 1 aromatic carbocycles. The number of alkyl halides is 2. The van der Waals surface area contributed by atoms with Crippen molar-refractivity contribution >= 4 is 5.91 Å². The molecule has 0 saturated heterocycles. The minimum absolute atomic E-state index is 0.0505. The van der Waals surface area contributed by atoms with E-state index in [9.17, 15) is 13.6 Å². The number of carbonyl (C=O) groups excluding carboxylic acids is 1. The summed E-state index contributed by atoms with van der Waals surface area (Å²) >= 11 is 0. The molecular formula is C16H13F2N5O3. The summed E-state index contributed by atoms with van der Waals surface area (Å²) in [6.45, 7) is 0.263. The predicted octanol–water partition coefficient (Wildman–Crippen LogP) is 2.27. The van der Waals surface area contributed by atoms with Gasteiger partial charge in [-0.15, -0.1) is 0 Å². The molecular weight excluding hydrogens is 348 g/mol. The van der Waals surface area contributed by atoms with Crippen LogP contribution in [0.2, 0.25) is 0 Å². The second-order valence-electron chi connectivity index (χ2n) is 5.75. The van der Waals surface area contributed by atoms with Crippen LogP contribution < -0.4 is 10.1 Å². The van der Waals surface area contributed by atoms with E-state index in [1.165, 1.54) is 6.20 Å². The lowest BCUT2D eigenvalue weighted by Crippen LogP contribution is -2.29. The molecule has 3 heterocycles. The lowest BCUT2D eigenvalue weighted by Gasteiger charge is -2.10. The van der Waals surface area contributed by atoms with Gasteiger partial charge in [-0.05, 0) is 6.07 Å². The Bertz CT molecular complexity index is 968. The van der Waals surface area contributed by atoms with Gasteiger partial charge in [-0.1, -0.05) is 17.3 Å². The summed E-state index contributed by atoms with van der Waals surface area (Å²) in [6, 6.07) is 4.71. The van der Waals surface area contributed by atoms with E-state index in [-0.39, 0.29) is 24.4 Å². The molecule has 2 aromatic heterocycles. The maximum Gasteiger partial charge on any atom is 0.315 e. The number of rotatable bonds is 4. The Hall–Kier alpha value is -3.30. The first-order valence-corrected chi connectivity index (χ1v) is 7.69. The Morgan fingerprint density at radius 3 is 2.96 bits per heavy atom. The molecule has 1 unspecified atom stereocenters. The fourth-order valence-corrected chi connectivity index (χ4v) is 2.69. The minimum atomic E-state index is -2.83. The standard InChI is InChI=1S/C16H13F2N5O3/c1-23-6-9(5-19-23)15(24)20-11-7-25-12-4-8(2-3-10(11)12)14-21-16(13(17)18)26-22-14/h2-6,11,13H,7H2,1H3,(H,20,24). The number of halogens is 2. The van der Waals surface area contributed by atoms with E-state index >= 15 is 0 Å². The molecule has 134 valence electrons. The van der Waals surface area contributed by atoms with Crippen LogP contribution in [0.5, 0.6) is 5.75 Å². The van der Waals surface area contributed by atoms with Gasteiger partial charge in [-0.25, -0.2) is 0 Å². The molecule has 1 N–H and O–H groups in total. The average molecular weight is 361 g/mol. The van der Waals surface area contributed by atoms with Crippen LogP contribution in [0, 0.1) is 0 Å². The molecule has 4 rings (SSSR count). The van der Waals surface area contributed by atoms with E-state index in [1.807, 2.05) is 0 Å². The van der Waals surface area contributed by atoms with Gasteiger partial charge in [-0.3, -0.25) is 9.48 Å². The van der Waals surface area contributed by atoms with E-state index in [2.05, 4.69) is 25.1 Å². The Morgan fingerprint density at radius 1 is 1.42 bits per heavy atom. The van der Waals surface area contributed by atoms with E-state index < -0.39 is 12.3 Å². The molecule has 0 saturated carbocycles. The normalized spacial score (nSPS) is 15.8. The molecule has 0 bridgehead atoms. The zero-order chi connectivity index (χ0) is 18.3. The van der Waals surface area contributed by atoms with Gasteiger partial charge < -0.3 is 14.6 Å². The summed E-state index contributed by atoms with van der Waals surface area (Å²) in [5, 5.41) is 10.4. The van der Waals surface area contributed by atoms with Crippen molar-refractivity contribution in [1.82, 2.24) is 25.2 Å². The van der Waals surface area contributed by atoms with Crippen LogP contribution >= 0.6 is 0 Å². The van der Waals surface area contributed by atoms with Gasteiger partial charge in [0.1, 0.15) is 12.4 Å². The molecule has 3 aromatic rings. The Balaban J connectivity index is 1.53. The lowest BCUT2D eigenvalue weighted by molar-refractivity contribution is 0.0930. The topological polar surface area (TPSA) is 95.1 Å². The Morgan fingerprint density at radius 2 is 2.27 bits per heavy atom. The molecule has 0 fully saturated rings. The smallest absolute Gasteiger partial charge is 0.315 e. The van der Waals surface area contributed by atoms with Gasteiger partial charge in [0, 0.05) is 24.4 Å². The largest absolute Gasteiger partial charge is 0.491 e. The van der Waals surface area contributed by atoms with Crippen LogP contribution in [0.15, 0.2) is 35.1 Å². The molecule has 1 aliphatic heterocycles. The lowest BCUT2D eigenvalue weighted by atomic mass is 10.1. The summed E-state index contributed by atoms with van der Waals surface area (Å²) in [4.78, 5) is 15.9. The van der Waals surface area contributed by atoms with E-state index in [4.69, 9.17) is 4.74 Å². The van der Waals surface area contributed by atoms with Crippen LogP contribution in [0.1, 0.15) is 34.3 Å². The van der Waals surface area contributed by atoms with Crippen molar-refractivity contribution in [3.05, 3.63) is 47.6 Å². The highest BCUT2D eigenvalue weighted by atomic mass is 19.3. The third kappa shape index (κ3) is 2.89. The summed E-state index contributed by atoms with van der Waals surface area (Å²) < 4.78 is 36.8. The van der Waals surface area contributed by atoms with Crippen molar-refractivity contribution in [3.8, 4) is 17.1 Å². The molecule has 0 spiro atoms. The van der Waals surface area contributed by atoms with Crippen molar-refractivity contribution in [2.75, 3.05) is 6.61 Å². The van der Waals surface area contributed by atoms with Crippen LogP contribution in [-0.4, -0.2) is 32.4 Å². The molecule has 0 radical (unpaired) electrons. The molecule has 26 heavy (non-hydrogen) atoms. The van der Waals surface area contributed by atoms with Gasteiger partial charge in [0.15, 0.2) is 0 Å². The van der Waals surface area contributed by atoms with E-state index in [0.29, 0.717) is 16.9 Å². The van der Waals surface area contributed by atoms with E-state index in [0.717, 1.165) is 5.56 Å². The monoisotopic (exact) mass is 361 g/mol. The highest BCUT2D eigenvalue weighted by Crippen LogP contribution is 2.35. The number of carbonyl (C=O) groups is 1. The number of hydrogen-bond donors (Lipinski definition) is 1. The fourth-order valence-electron chi connectivity index (χ4n) is 2.69. The van der Waals surface area contributed by atoms with Crippen molar-refractivity contribution in [3.63, 3.8) is 0 Å². The number of ether oxygens (including phenoxy) is 1. The first kappa shape index (κ1) is 16.2. The maximum absolute atomic E-state index is 12.6. The van der Waals surface area contributed by atoms with Gasteiger partial charge in [0.05, 0.1) is 17.8 Å². The van der Waals surface area contributed by atoms with Crippen molar-refractivity contribution in [2.45, 2.75) is 12.5 Å². The number of nitrogens with one attached hydrogen (secondary N) is 1. The van der Waals surface area contributed by atoms with Crippen LogP contribution in [0.25, 0.3) is 11.4 Å². The molecule has 8 nitrogen and oxygen atoms in total. The number of fused-ring (bicyclic) bond motifs is 1. The van der Waals surface area contributed by atoms with Crippen molar-refractivity contribution in [2.24, 2.45) is 7.05 Å². The SMILES string of the molecule is Cn1cc(C(=O)NC2COc3cc(-c4noc(C(F)F)n4)ccc32)cn1. The number of nitrogens with zero attached hydrogens (tertiary/aromatic N) is 4. The van der Waals surface area contributed by atoms with Gasteiger partial charge in [0.2, 0.25) is 5.82 Å². The van der Waals surface area contributed by atoms with Gasteiger partial charge >= 0.3 is 6.43 Å². The number of amides is 1. The van der Waals surface area contributed by atoms with Crippen molar-refractivity contribution in [1.29, 1.82) is 0 Å². The fraction of sp³-hybridized carbons (Fsp3) is 0.250. The van der Waals surface area contributed by atoms with E-state index in [1.54, 1.807) is 36.1 Å². The van der Waals surface area contributed by atoms with Gasteiger partial charge in [-0.2, -0.15) is 18.9 Å². The Labute approximate surface area is 145 Å². The number of aromatic nitrogens is 4. The average Bonchev–Trinajstić information content (AvgIpc) is 3.34. The molecule has 0 aliphatic carbocycles. The maximum atomic E-state index is 12.6. The summed E-state index contributed by atoms with van der Waals surface area (Å²) in [5.74, 6) is -0.414. The van der Waals surface area contributed by atoms with Crippen LogP contribution in [-0.2, 0) is 7.05 Å². The number of benzene rings is 1. The Kier molecular flexibility index (Phi) is 3.86. The highest BCUT2D eigenvalue weighted by Gasteiger charge is 2.27. The second-order valence-corrected chi connectivity index (χ2v) is 5.75. The first-order valence-electron chi connectivity index (χ1n) is 7.69. The highest BCUT2D eigenvalue weighted by molar-refractivity contribution is 5.94. The zero-order valence-electron chi connectivity index (χ0n) is 13.5. The molecule has 1 atom stereocenters. The predicted molar refractivity (Wildman–Crippen MR) is 83.6 cm³/mol. The summed E-state index contributed by atoms with van der Waals surface area (Å²) in [6.07, 6.45) is 0.270. The number of aryl methyl sites for hydroxylation is 1. The molecule has 1 amide bonds. The van der Waals surface area contributed by atoms with Gasteiger partial charge in [0.25, 0.3) is 11.8 Å². The zero-order valence-corrected chi connectivity index (χ0v) is 13.5. The van der Waals surface area contributed by atoms with Crippen LogP contribution in [0.4, 0.5) is 8.78 Å². The third-order valence-corrected chi connectivity index (χ3v) is 3.95. The third-order valence-electron chi connectivity index (χ3n) is 3.95. The first-order chi connectivity index (χ1) is 12.5. The molecule has 1 aliphatic rings. The summed E-state index contributed by atoms with van der Waals surface area (Å²) in [7, 11) is 1.73. The second kappa shape index (κ2) is 6.21. The summed E-state index contributed by atoms with van der Waals surface area (Å²) in [5.41, 5.74) is 1.71.